The zero-order valence-corrected chi connectivity index (χ0v) is 18.5. The summed E-state index contributed by atoms with van der Waals surface area (Å²) in [7, 11) is 4.72. The van der Waals surface area contributed by atoms with Gasteiger partial charge < -0.3 is 34.9 Å². The lowest BCUT2D eigenvalue weighted by atomic mass is 10.2. The molecule has 9 heteroatoms. The third-order valence-electron chi connectivity index (χ3n) is 3.57. The van der Waals surface area contributed by atoms with Crippen LogP contribution in [0, 0.1) is 0 Å². The predicted molar refractivity (Wildman–Crippen MR) is 113 cm³/mol. The molecule has 1 amide bonds. The minimum atomic E-state index is -0.519. The number of alkyl carbamates (subject to hydrolysis) is 1. The Morgan fingerprint density at radius 3 is 2.03 bits per heavy atom. The minimum Gasteiger partial charge on any atom is -0.493 e. The van der Waals surface area contributed by atoms with Crippen molar-refractivity contribution < 1.29 is 23.7 Å². The van der Waals surface area contributed by atoms with E-state index in [4.69, 9.17) is 18.9 Å². The van der Waals surface area contributed by atoms with Crippen molar-refractivity contribution in [3.05, 3.63) is 17.7 Å². The average molecular weight is 411 g/mol. The molecule has 0 aliphatic heterocycles. The molecular weight excluding hydrogens is 376 g/mol. The molecule has 1 aromatic rings. The van der Waals surface area contributed by atoms with Crippen molar-refractivity contribution in [3.63, 3.8) is 0 Å². The summed E-state index contributed by atoms with van der Waals surface area (Å²) in [5.74, 6) is 2.33. The normalized spacial score (nSPS) is 11.5. The van der Waals surface area contributed by atoms with E-state index in [-0.39, 0.29) is 0 Å². The average Bonchev–Trinajstić information content (AvgIpc) is 2.66. The summed E-state index contributed by atoms with van der Waals surface area (Å²) in [5, 5.41) is 9.04. The van der Waals surface area contributed by atoms with Crippen molar-refractivity contribution in [2.24, 2.45) is 4.99 Å². The van der Waals surface area contributed by atoms with Crippen LogP contribution in [-0.4, -0.2) is 58.6 Å². The van der Waals surface area contributed by atoms with E-state index in [1.54, 1.807) is 21.3 Å². The first-order chi connectivity index (χ1) is 13.7. The largest absolute Gasteiger partial charge is 0.493 e. The zero-order valence-electron chi connectivity index (χ0n) is 18.5. The third kappa shape index (κ3) is 8.80. The van der Waals surface area contributed by atoms with Crippen molar-refractivity contribution in [2.45, 2.75) is 39.8 Å². The van der Waals surface area contributed by atoms with Gasteiger partial charge in [-0.25, -0.2) is 9.79 Å². The summed E-state index contributed by atoms with van der Waals surface area (Å²) < 4.78 is 21.3. The molecule has 9 nitrogen and oxygen atoms in total. The molecule has 0 bridgehead atoms. The molecule has 0 atom stereocenters. The number of aliphatic imine (C=N–C) groups is 1. The number of hydrogen-bond donors (Lipinski definition) is 3. The van der Waals surface area contributed by atoms with E-state index in [2.05, 4.69) is 20.9 Å². The molecule has 0 aliphatic carbocycles. The summed E-state index contributed by atoms with van der Waals surface area (Å²) >= 11 is 0. The fraction of sp³-hybridized carbons (Fsp3) is 0.600. The summed E-state index contributed by atoms with van der Waals surface area (Å²) in [4.78, 5) is 16.2. The Bertz CT molecular complexity index is 661. The number of nitrogens with zero attached hydrogens (tertiary/aromatic N) is 1. The van der Waals surface area contributed by atoms with Gasteiger partial charge in [0.2, 0.25) is 5.75 Å². The molecule has 0 radical (unpaired) electrons. The van der Waals surface area contributed by atoms with Gasteiger partial charge in [-0.3, -0.25) is 0 Å². The van der Waals surface area contributed by atoms with E-state index in [0.29, 0.717) is 49.4 Å². The minimum absolute atomic E-state index is 0.406. The smallest absolute Gasteiger partial charge is 0.407 e. The van der Waals surface area contributed by atoms with Gasteiger partial charge in [0.25, 0.3) is 0 Å². The number of carbonyl (C=O) groups excluding carboxylic acids is 1. The topological polar surface area (TPSA) is 102 Å². The highest BCUT2D eigenvalue weighted by Crippen LogP contribution is 2.38. The summed E-state index contributed by atoms with van der Waals surface area (Å²) in [5.41, 5.74) is 0.387. The molecule has 0 aliphatic rings. The van der Waals surface area contributed by atoms with Gasteiger partial charge in [0, 0.05) is 19.6 Å². The highest BCUT2D eigenvalue weighted by Gasteiger charge is 2.15. The molecule has 0 aromatic heterocycles. The maximum Gasteiger partial charge on any atom is 0.407 e. The van der Waals surface area contributed by atoms with E-state index in [0.717, 1.165) is 5.56 Å². The van der Waals surface area contributed by atoms with E-state index >= 15 is 0 Å². The van der Waals surface area contributed by atoms with Crippen molar-refractivity contribution in [1.29, 1.82) is 0 Å². The molecule has 0 spiro atoms. The van der Waals surface area contributed by atoms with Crippen LogP contribution in [0.2, 0.25) is 0 Å². The van der Waals surface area contributed by atoms with Gasteiger partial charge in [0.15, 0.2) is 17.5 Å². The van der Waals surface area contributed by atoms with Crippen molar-refractivity contribution in [1.82, 2.24) is 16.0 Å². The van der Waals surface area contributed by atoms with Gasteiger partial charge in [0.1, 0.15) is 5.60 Å². The van der Waals surface area contributed by atoms with Crippen LogP contribution in [0.25, 0.3) is 0 Å². The molecule has 0 saturated carbocycles. The number of benzene rings is 1. The molecular formula is C20H34N4O5. The van der Waals surface area contributed by atoms with Gasteiger partial charge in [-0.2, -0.15) is 0 Å². The van der Waals surface area contributed by atoms with Gasteiger partial charge in [-0.1, -0.05) is 0 Å². The first kappa shape index (κ1) is 24.2. The quantitative estimate of drug-likeness (QED) is 0.326. The molecule has 0 heterocycles. The molecule has 3 N–H and O–H groups in total. The summed E-state index contributed by atoms with van der Waals surface area (Å²) in [6.45, 7) is 9.48. The number of ether oxygens (including phenoxy) is 4. The number of amides is 1. The van der Waals surface area contributed by atoms with Crippen LogP contribution in [0.15, 0.2) is 17.1 Å². The monoisotopic (exact) mass is 410 g/mol. The second kappa shape index (κ2) is 11.9. The Balaban J connectivity index is 2.69. The Morgan fingerprint density at radius 2 is 1.55 bits per heavy atom. The van der Waals surface area contributed by atoms with E-state index in [9.17, 15) is 4.79 Å². The number of methoxy groups -OCH3 is 3. The SMILES string of the molecule is CCNC(=NCc1cc(OC)c(OC)c(OC)c1)NCCNC(=O)OC(C)(C)C. The van der Waals surface area contributed by atoms with E-state index in [1.807, 2.05) is 39.8 Å². The van der Waals surface area contributed by atoms with Crippen LogP contribution < -0.4 is 30.2 Å². The Morgan fingerprint density at radius 1 is 0.966 bits per heavy atom. The predicted octanol–water partition coefficient (Wildman–Crippen LogP) is 2.29. The molecule has 0 unspecified atom stereocenters. The fourth-order valence-electron chi connectivity index (χ4n) is 2.40. The van der Waals surface area contributed by atoms with Crippen molar-refractivity contribution >= 4 is 12.1 Å². The third-order valence-corrected chi connectivity index (χ3v) is 3.57. The second-order valence-corrected chi connectivity index (χ2v) is 7.08. The standard InChI is InChI=1S/C20H34N4O5/c1-8-21-18(22-9-10-23-19(25)29-20(2,3)4)24-13-14-11-15(26-5)17(28-7)16(12-14)27-6/h11-12H,8-10,13H2,1-7H3,(H,23,25)(H2,21,22,24). The van der Waals surface area contributed by atoms with Gasteiger partial charge >= 0.3 is 6.09 Å². The highest BCUT2D eigenvalue weighted by atomic mass is 16.6. The molecule has 1 aromatic carbocycles. The molecule has 0 fully saturated rings. The maximum atomic E-state index is 11.7. The number of nitrogens with one attached hydrogen (secondary N) is 3. The number of rotatable bonds is 9. The van der Waals surface area contributed by atoms with Crippen LogP contribution in [-0.2, 0) is 11.3 Å². The lowest BCUT2D eigenvalue weighted by molar-refractivity contribution is 0.0529. The molecule has 29 heavy (non-hydrogen) atoms. The Hall–Kier alpha value is -2.84. The lowest BCUT2D eigenvalue weighted by Gasteiger charge is -2.20. The molecule has 164 valence electrons. The van der Waals surface area contributed by atoms with Crippen molar-refractivity contribution in [3.8, 4) is 17.2 Å². The van der Waals surface area contributed by atoms with Crippen molar-refractivity contribution in [2.75, 3.05) is 41.0 Å². The first-order valence-corrected chi connectivity index (χ1v) is 9.52. The Labute approximate surface area is 173 Å². The Kier molecular flexibility index (Phi) is 9.91. The van der Waals surface area contributed by atoms with Crippen LogP contribution in [0.1, 0.15) is 33.3 Å². The fourth-order valence-corrected chi connectivity index (χ4v) is 2.40. The van der Waals surface area contributed by atoms with Crippen LogP contribution in [0.4, 0.5) is 4.79 Å². The number of guanidine groups is 1. The van der Waals surface area contributed by atoms with Gasteiger partial charge in [-0.05, 0) is 45.4 Å². The first-order valence-electron chi connectivity index (χ1n) is 9.52. The van der Waals surface area contributed by atoms with Gasteiger partial charge in [0.05, 0.1) is 27.9 Å². The van der Waals surface area contributed by atoms with Crippen LogP contribution in [0.5, 0.6) is 17.2 Å². The summed E-state index contributed by atoms with van der Waals surface area (Å²) in [6.07, 6.45) is -0.446. The number of carbonyl (C=O) groups is 1. The summed E-state index contributed by atoms with van der Waals surface area (Å²) in [6, 6.07) is 3.72. The van der Waals surface area contributed by atoms with E-state index in [1.165, 1.54) is 0 Å². The number of hydrogen-bond acceptors (Lipinski definition) is 6. The molecule has 1 rings (SSSR count). The second-order valence-electron chi connectivity index (χ2n) is 7.08. The highest BCUT2D eigenvalue weighted by molar-refractivity contribution is 5.79. The molecule has 0 saturated heterocycles. The van der Waals surface area contributed by atoms with Crippen LogP contribution in [0.3, 0.4) is 0 Å². The van der Waals surface area contributed by atoms with Crippen LogP contribution >= 0.6 is 0 Å². The van der Waals surface area contributed by atoms with Gasteiger partial charge in [-0.15, -0.1) is 0 Å². The lowest BCUT2D eigenvalue weighted by Crippen LogP contribution is -2.42. The maximum absolute atomic E-state index is 11.7. The van der Waals surface area contributed by atoms with E-state index < -0.39 is 11.7 Å². The zero-order chi connectivity index (χ0) is 21.9.